The lowest BCUT2D eigenvalue weighted by molar-refractivity contribution is 0.0936. The maximum Gasteiger partial charge on any atom is 0.274 e. The van der Waals surface area contributed by atoms with Crippen molar-refractivity contribution >= 4 is 56.6 Å². The van der Waals surface area contributed by atoms with E-state index in [2.05, 4.69) is 36.6 Å². The maximum absolute atomic E-state index is 13.3. The zero-order valence-electron chi connectivity index (χ0n) is 17.6. The summed E-state index contributed by atoms with van der Waals surface area (Å²) < 4.78 is 1.75. The summed E-state index contributed by atoms with van der Waals surface area (Å²) in [6.45, 7) is 2.04. The van der Waals surface area contributed by atoms with Gasteiger partial charge in [-0.3, -0.25) is 9.59 Å². The van der Waals surface area contributed by atoms with Crippen LogP contribution in [0.25, 0.3) is 5.82 Å². The van der Waals surface area contributed by atoms with Crippen LogP contribution in [0.4, 0.5) is 5.69 Å². The van der Waals surface area contributed by atoms with Crippen molar-refractivity contribution in [1.29, 1.82) is 0 Å². The first kappa shape index (κ1) is 23.7. The molecule has 1 unspecified atom stereocenters. The third-order valence-corrected chi connectivity index (χ3v) is 6.33. The van der Waals surface area contributed by atoms with Gasteiger partial charge < -0.3 is 16.4 Å². The minimum Gasteiger partial charge on any atom is -0.349 e. The molecule has 0 radical (unpaired) electrons. The SMILES string of the molecule is CC(NC(=O)c1cc(Cl)cc(CN)c1NC(=O)c1cc(Br)nn1-c1ncccc1Cl)C1CC1. The van der Waals surface area contributed by atoms with Gasteiger partial charge in [0, 0.05) is 29.9 Å². The van der Waals surface area contributed by atoms with Crippen molar-refractivity contribution in [2.24, 2.45) is 11.7 Å². The summed E-state index contributed by atoms with van der Waals surface area (Å²) in [5.41, 5.74) is 7.14. The molecule has 0 spiro atoms. The molecule has 1 fully saturated rings. The second-order valence-corrected chi connectivity index (χ2v) is 9.47. The fourth-order valence-electron chi connectivity index (χ4n) is 3.54. The Morgan fingerprint density at radius 3 is 2.70 bits per heavy atom. The molecule has 2 aromatic heterocycles. The van der Waals surface area contributed by atoms with Gasteiger partial charge in [0.05, 0.1) is 16.3 Å². The Labute approximate surface area is 209 Å². The fourth-order valence-corrected chi connectivity index (χ4v) is 4.35. The van der Waals surface area contributed by atoms with Gasteiger partial charge in [0.1, 0.15) is 10.3 Å². The van der Waals surface area contributed by atoms with Gasteiger partial charge >= 0.3 is 0 Å². The molecule has 11 heteroatoms. The number of rotatable bonds is 7. The Hall–Kier alpha value is -2.46. The highest BCUT2D eigenvalue weighted by atomic mass is 79.9. The van der Waals surface area contributed by atoms with Crippen molar-refractivity contribution in [2.75, 3.05) is 5.32 Å². The first-order valence-electron chi connectivity index (χ1n) is 10.3. The second-order valence-electron chi connectivity index (χ2n) is 7.82. The molecule has 172 valence electrons. The van der Waals surface area contributed by atoms with Crippen LogP contribution < -0.4 is 16.4 Å². The van der Waals surface area contributed by atoms with Gasteiger partial charge in [0.2, 0.25) is 0 Å². The highest BCUT2D eigenvalue weighted by Crippen LogP contribution is 2.33. The number of nitrogens with zero attached hydrogens (tertiary/aromatic N) is 3. The molecule has 1 aliphatic rings. The Morgan fingerprint density at radius 1 is 1.27 bits per heavy atom. The average molecular weight is 552 g/mol. The summed E-state index contributed by atoms with van der Waals surface area (Å²) in [6.07, 6.45) is 3.72. The summed E-state index contributed by atoms with van der Waals surface area (Å²) >= 11 is 15.8. The van der Waals surface area contributed by atoms with Crippen molar-refractivity contribution in [1.82, 2.24) is 20.1 Å². The van der Waals surface area contributed by atoms with Crippen molar-refractivity contribution in [3.8, 4) is 5.82 Å². The van der Waals surface area contributed by atoms with Gasteiger partial charge in [-0.15, -0.1) is 0 Å². The first-order chi connectivity index (χ1) is 15.8. The van der Waals surface area contributed by atoms with E-state index in [1.54, 1.807) is 24.4 Å². The minimum absolute atomic E-state index is 0.0186. The maximum atomic E-state index is 13.3. The standard InChI is InChI=1S/C22H21BrCl2N6O2/c1-11(12-4-5-12)28-21(32)15-8-14(24)7-13(10-26)19(15)29-22(33)17-9-18(23)30-31(17)20-16(25)3-2-6-27-20/h2-3,6-9,11-12H,4-5,10,26H2,1H3,(H,28,32)(H,29,33). The Balaban J connectivity index is 1.70. The van der Waals surface area contributed by atoms with Crippen LogP contribution in [0.3, 0.4) is 0 Å². The van der Waals surface area contributed by atoms with Gasteiger partial charge in [0.25, 0.3) is 11.8 Å². The van der Waals surface area contributed by atoms with Crippen LogP contribution in [0, 0.1) is 5.92 Å². The smallest absolute Gasteiger partial charge is 0.274 e. The van der Waals surface area contributed by atoms with Gasteiger partial charge in [-0.05, 0) is 71.4 Å². The highest BCUT2D eigenvalue weighted by molar-refractivity contribution is 9.10. The zero-order chi connectivity index (χ0) is 23.7. The molecule has 8 nitrogen and oxygen atoms in total. The monoisotopic (exact) mass is 550 g/mol. The van der Waals surface area contributed by atoms with E-state index >= 15 is 0 Å². The van der Waals surface area contributed by atoms with Crippen LogP contribution >= 0.6 is 39.1 Å². The summed E-state index contributed by atoms with van der Waals surface area (Å²) in [6, 6.07) is 8.03. The molecule has 1 aliphatic carbocycles. The quantitative estimate of drug-likeness (QED) is 0.397. The van der Waals surface area contributed by atoms with Crippen molar-refractivity contribution in [3.63, 3.8) is 0 Å². The predicted octanol–water partition coefficient (Wildman–Crippen LogP) is 4.58. The van der Waals surface area contributed by atoms with E-state index in [0.717, 1.165) is 12.8 Å². The van der Waals surface area contributed by atoms with Gasteiger partial charge in [-0.2, -0.15) is 5.10 Å². The number of halogens is 3. The topological polar surface area (TPSA) is 115 Å². The molecule has 1 atom stereocenters. The molecule has 1 saturated carbocycles. The molecular formula is C22H21BrCl2N6O2. The fraction of sp³-hybridized carbons (Fsp3) is 0.273. The lowest BCUT2D eigenvalue weighted by atomic mass is 10.0. The lowest BCUT2D eigenvalue weighted by Gasteiger charge is -2.18. The molecule has 1 aromatic carbocycles. The van der Waals surface area contributed by atoms with Crippen LogP contribution in [-0.2, 0) is 6.54 Å². The predicted molar refractivity (Wildman–Crippen MR) is 131 cm³/mol. The number of carbonyl (C=O) groups is 2. The van der Waals surface area contributed by atoms with Gasteiger partial charge in [0.15, 0.2) is 5.82 Å². The summed E-state index contributed by atoms with van der Waals surface area (Å²) in [5, 5.41) is 10.8. The Kier molecular flexibility index (Phi) is 7.04. The summed E-state index contributed by atoms with van der Waals surface area (Å²) in [4.78, 5) is 30.6. The number of benzene rings is 1. The molecule has 0 saturated heterocycles. The van der Waals surface area contributed by atoms with Crippen LogP contribution in [0.1, 0.15) is 46.2 Å². The highest BCUT2D eigenvalue weighted by Gasteiger charge is 2.30. The van der Waals surface area contributed by atoms with E-state index in [1.807, 2.05) is 6.92 Å². The number of pyridine rings is 1. The first-order valence-corrected chi connectivity index (χ1v) is 11.8. The molecule has 3 aromatic rings. The third-order valence-electron chi connectivity index (χ3n) is 5.43. The minimum atomic E-state index is -0.517. The molecule has 0 bridgehead atoms. The van der Waals surface area contributed by atoms with Crippen molar-refractivity contribution in [3.05, 3.63) is 68.0 Å². The van der Waals surface area contributed by atoms with Crippen molar-refractivity contribution < 1.29 is 9.59 Å². The zero-order valence-corrected chi connectivity index (χ0v) is 20.7. The van der Waals surface area contributed by atoms with E-state index < -0.39 is 5.91 Å². The molecule has 33 heavy (non-hydrogen) atoms. The number of aromatic nitrogens is 3. The average Bonchev–Trinajstić information content (AvgIpc) is 3.56. The van der Waals surface area contributed by atoms with E-state index in [0.29, 0.717) is 37.6 Å². The number of hydrogen-bond acceptors (Lipinski definition) is 5. The van der Waals surface area contributed by atoms with Gasteiger partial charge in [-0.1, -0.05) is 23.2 Å². The molecule has 4 N–H and O–H groups in total. The van der Waals surface area contributed by atoms with E-state index in [9.17, 15) is 9.59 Å². The molecule has 2 amide bonds. The summed E-state index contributed by atoms with van der Waals surface area (Å²) in [5.74, 6) is -0.0861. The molecule has 0 aliphatic heterocycles. The number of nitrogens with one attached hydrogen (secondary N) is 2. The van der Waals surface area contributed by atoms with Crippen LogP contribution in [0.2, 0.25) is 10.0 Å². The molecule has 2 heterocycles. The number of carbonyl (C=O) groups excluding carboxylic acids is 2. The van der Waals surface area contributed by atoms with Crippen molar-refractivity contribution in [2.45, 2.75) is 32.4 Å². The van der Waals surface area contributed by atoms with E-state index in [-0.39, 0.29) is 29.8 Å². The lowest BCUT2D eigenvalue weighted by Crippen LogP contribution is -2.35. The third kappa shape index (κ3) is 5.22. The van der Waals surface area contributed by atoms with Crippen LogP contribution in [0.15, 0.2) is 41.1 Å². The number of anilines is 1. The van der Waals surface area contributed by atoms with Gasteiger partial charge in [-0.25, -0.2) is 9.67 Å². The summed E-state index contributed by atoms with van der Waals surface area (Å²) in [7, 11) is 0. The number of amides is 2. The Bertz CT molecular complexity index is 1230. The van der Waals surface area contributed by atoms with Crippen LogP contribution in [0.5, 0.6) is 0 Å². The molecule has 4 rings (SSSR count). The van der Waals surface area contributed by atoms with E-state index in [1.165, 1.54) is 16.8 Å². The van der Waals surface area contributed by atoms with Crippen LogP contribution in [-0.4, -0.2) is 32.6 Å². The van der Waals surface area contributed by atoms with E-state index in [4.69, 9.17) is 28.9 Å². The second kappa shape index (κ2) is 9.80. The molecular weight excluding hydrogens is 531 g/mol. The largest absolute Gasteiger partial charge is 0.349 e. The number of hydrogen-bond donors (Lipinski definition) is 3. The Morgan fingerprint density at radius 2 is 2.03 bits per heavy atom. The number of nitrogens with two attached hydrogens (primary N) is 1. The normalized spacial score (nSPS) is 14.1.